The van der Waals surface area contributed by atoms with Crippen molar-refractivity contribution in [1.82, 2.24) is 10.6 Å². The van der Waals surface area contributed by atoms with Gasteiger partial charge in [0.25, 0.3) is 0 Å². The SMILES string of the molecule is CCNC(=NCc1ccc(C)cc1OCCOCC)NCC(C)(O)c1ccco1. The van der Waals surface area contributed by atoms with Crippen LogP contribution in [0.3, 0.4) is 0 Å². The summed E-state index contributed by atoms with van der Waals surface area (Å²) in [5, 5.41) is 17.0. The van der Waals surface area contributed by atoms with Gasteiger partial charge < -0.3 is 29.6 Å². The van der Waals surface area contributed by atoms with Gasteiger partial charge in [0.15, 0.2) is 5.96 Å². The van der Waals surface area contributed by atoms with E-state index in [9.17, 15) is 5.11 Å². The predicted octanol–water partition coefficient (Wildman–Crippen LogP) is 2.97. The van der Waals surface area contributed by atoms with Crippen LogP contribution in [0.4, 0.5) is 0 Å². The van der Waals surface area contributed by atoms with E-state index in [1.54, 1.807) is 25.3 Å². The summed E-state index contributed by atoms with van der Waals surface area (Å²) in [5.74, 6) is 1.93. The molecule has 2 rings (SSSR count). The second-order valence-electron chi connectivity index (χ2n) is 6.96. The lowest BCUT2D eigenvalue weighted by Gasteiger charge is -2.22. The zero-order valence-electron chi connectivity index (χ0n) is 17.8. The molecule has 0 saturated carbocycles. The summed E-state index contributed by atoms with van der Waals surface area (Å²) < 4.78 is 16.6. The Balaban J connectivity index is 2.03. The molecule has 0 aliphatic heterocycles. The van der Waals surface area contributed by atoms with E-state index < -0.39 is 5.60 Å². The minimum atomic E-state index is -1.14. The fourth-order valence-electron chi connectivity index (χ4n) is 2.72. The fraction of sp³-hybridized carbons (Fsp3) is 0.500. The van der Waals surface area contributed by atoms with Crippen molar-refractivity contribution in [2.45, 2.75) is 39.8 Å². The summed E-state index contributed by atoms with van der Waals surface area (Å²) in [6.45, 7) is 10.8. The average Bonchev–Trinajstić information content (AvgIpc) is 3.24. The average molecular weight is 404 g/mol. The summed E-state index contributed by atoms with van der Waals surface area (Å²) in [7, 11) is 0. The molecule has 29 heavy (non-hydrogen) atoms. The highest BCUT2D eigenvalue weighted by Crippen LogP contribution is 2.22. The summed E-state index contributed by atoms with van der Waals surface area (Å²) in [6.07, 6.45) is 1.55. The number of guanidine groups is 1. The third kappa shape index (κ3) is 7.44. The van der Waals surface area contributed by atoms with Gasteiger partial charge in [-0.15, -0.1) is 0 Å². The van der Waals surface area contributed by atoms with Crippen molar-refractivity contribution in [2.75, 3.05) is 32.9 Å². The molecule has 7 nitrogen and oxygen atoms in total. The number of hydrogen-bond donors (Lipinski definition) is 3. The number of nitrogens with zero attached hydrogens (tertiary/aromatic N) is 1. The Labute approximate surface area is 173 Å². The van der Waals surface area contributed by atoms with Crippen molar-refractivity contribution < 1.29 is 19.0 Å². The van der Waals surface area contributed by atoms with Gasteiger partial charge in [0.05, 0.1) is 26.0 Å². The highest BCUT2D eigenvalue weighted by Gasteiger charge is 2.26. The van der Waals surface area contributed by atoms with Crippen LogP contribution in [-0.4, -0.2) is 44.0 Å². The van der Waals surface area contributed by atoms with E-state index in [-0.39, 0.29) is 6.54 Å². The van der Waals surface area contributed by atoms with E-state index in [0.717, 1.165) is 16.9 Å². The smallest absolute Gasteiger partial charge is 0.191 e. The van der Waals surface area contributed by atoms with Gasteiger partial charge in [-0.2, -0.15) is 0 Å². The topological polar surface area (TPSA) is 88.3 Å². The van der Waals surface area contributed by atoms with Crippen LogP contribution in [0.25, 0.3) is 0 Å². The molecular formula is C22H33N3O4. The quantitative estimate of drug-likeness (QED) is 0.304. The molecule has 1 heterocycles. The van der Waals surface area contributed by atoms with Crippen molar-refractivity contribution in [3.63, 3.8) is 0 Å². The Bertz CT molecular complexity index is 757. The summed E-state index contributed by atoms with van der Waals surface area (Å²) in [4.78, 5) is 4.64. The molecule has 0 fully saturated rings. The first-order valence-corrected chi connectivity index (χ1v) is 10.0. The third-order valence-corrected chi connectivity index (χ3v) is 4.32. The number of furan rings is 1. The largest absolute Gasteiger partial charge is 0.491 e. The maximum Gasteiger partial charge on any atom is 0.191 e. The van der Waals surface area contributed by atoms with Gasteiger partial charge in [-0.25, -0.2) is 4.99 Å². The molecule has 1 aromatic carbocycles. The fourth-order valence-corrected chi connectivity index (χ4v) is 2.72. The van der Waals surface area contributed by atoms with E-state index in [4.69, 9.17) is 13.9 Å². The van der Waals surface area contributed by atoms with Crippen LogP contribution in [0.2, 0.25) is 0 Å². The monoisotopic (exact) mass is 403 g/mol. The van der Waals surface area contributed by atoms with Crippen LogP contribution in [0.5, 0.6) is 5.75 Å². The van der Waals surface area contributed by atoms with Gasteiger partial charge >= 0.3 is 0 Å². The zero-order chi connectivity index (χ0) is 21.1. The van der Waals surface area contributed by atoms with Gasteiger partial charge in [0.2, 0.25) is 0 Å². The molecule has 2 aromatic rings. The highest BCUT2D eigenvalue weighted by molar-refractivity contribution is 5.79. The van der Waals surface area contributed by atoms with Crippen molar-refractivity contribution in [1.29, 1.82) is 0 Å². The van der Waals surface area contributed by atoms with E-state index in [1.165, 1.54) is 0 Å². The van der Waals surface area contributed by atoms with Crippen molar-refractivity contribution in [2.24, 2.45) is 4.99 Å². The number of aliphatic imine (C=N–C) groups is 1. The van der Waals surface area contributed by atoms with E-state index in [1.807, 2.05) is 39.0 Å². The van der Waals surface area contributed by atoms with Crippen LogP contribution in [0.1, 0.15) is 37.7 Å². The molecule has 1 atom stereocenters. The zero-order valence-corrected chi connectivity index (χ0v) is 17.8. The second-order valence-corrected chi connectivity index (χ2v) is 6.96. The molecule has 0 aliphatic carbocycles. The van der Waals surface area contributed by atoms with Crippen LogP contribution in [0.15, 0.2) is 46.0 Å². The molecule has 7 heteroatoms. The Hall–Kier alpha value is -2.51. The molecule has 1 unspecified atom stereocenters. The highest BCUT2D eigenvalue weighted by atomic mass is 16.5. The summed E-state index contributed by atoms with van der Waals surface area (Å²) in [5.41, 5.74) is 0.975. The third-order valence-electron chi connectivity index (χ3n) is 4.32. The van der Waals surface area contributed by atoms with Crippen molar-refractivity contribution >= 4 is 5.96 Å². The van der Waals surface area contributed by atoms with Gasteiger partial charge in [-0.3, -0.25) is 0 Å². The van der Waals surface area contributed by atoms with Crippen LogP contribution in [-0.2, 0) is 16.9 Å². The van der Waals surface area contributed by atoms with E-state index >= 15 is 0 Å². The maximum atomic E-state index is 10.6. The Morgan fingerprint density at radius 3 is 2.72 bits per heavy atom. The molecule has 1 aromatic heterocycles. The Kier molecular flexibility index (Phi) is 9.02. The van der Waals surface area contributed by atoms with Gasteiger partial charge in [0, 0.05) is 18.7 Å². The minimum absolute atomic E-state index is 0.262. The van der Waals surface area contributed by atoms with E-state index in [2.05, 4.69) is 15.6 Å². The molecule has 0 amide bonds. The number of aryl methyl sites for hydroxylation is 1. The molecule has 3 N–H and O–H groups in total. The normalized spacial score (nSPS) is 13.8. The molecule has 0 bridgehead atoms. The standard InChI is InChI=1S/C22H33N3O4/c1-5-23-21(25-16-22(4,26)20-8-7-11-29-20)24-15-18-10-9-17(3)14-19(18)28-13-12-27-6-2/h7-11,14,26H,5-6,12-13,15-16H2,1-4H3,(H2,23,24,25). The molecule has 0 saturated heterocycles. The van der Waals surface area contributed by atoms with Crippen LogP contribution in [0, 0.1) is 6.92 Å². The van der Waals surface area contributed by atoms with Gasteiger partial charge in [-0.05, 0) is 51.5 Å². The molecule has 0 aliphatic rings. The number of rotatable bonds is 11. The Morgan fingerprint density at radius 1 is 1.21 bits per heavy atom. The maximum absolute atomic E-state index is 10.6. The molecular weight excluding hydrogens is 370 g/mol. The molecule has 0 radical (unpaired) electrons. The van der Waals surface area contributed by atoms with Crippen LogP contribution < -0.4 is 15.4 Å². The van der Waals surface area contributed by atoms with Crippen molar-refractivity contribution in [3.05, 3.63) is 53.5 Å². The number of benzene rings is 1. The molecule has 160 valence electrons. The first-order valence-electron chi connectivity index (χ1n) is 10.0. The number of ether oxygens (including phenoxy) is 2. The van der Waals surface area contributed by atoms with Crippen LogP contribution >= 0.6 is 0 Å². The first-order chi connectivity index (χ1) is 14.0. The lowest BCUT2D eigenvalue weighted by molar-refractivity contribution is 0.0386. The van der Waals surface area contributed by atoms with E-state index in [0.29, 0.717) is 44.6 Å². The van der Waals surface area contributed by atoms with Gasteiger partial charge in [-0.1, -0.05) is 12.1 Å². The van der Waals surface area contributed by atoms with Crippen molar-refractivity contribution in [3.8, 4) is 5.75 Å². The number of nitrogens with one attached hydrogen (secondary N) is 2. The lowest BCUT2D eigenvalue weighted by atomic mass is 10.0. The first kappa shape index (κ1) is 22.8. The number of aliphatic hydroxyl groups is 1. The minimum Gasteiger partial charge on any atom is -0.491 e. The van der Waals surface area contributed by atoms with Gasteiger partial charge in [0.1, 0.15) is 23.7 Å². The lowest BCUT2D eigenvalue weighted by Crippen LogP contribution is -2.44. The predicted molar refractivity (Wildman–Crippen MR) is 114 cm³/mol. The molecule has 0 spiro atoms. The number of hydrogen-bond acceptors (Lipinski definition) is 5. The second kappa shape index (κ2) is 11.5. The summed E-state index contributed by atoms with van der Waals surface area (Å²) >= 11 is 0. The Morgan fingerprint density at radius 2 is 2.03 bits per heavy atom. The summed E-state index contributed by atoms with van der Waals surface area (Å²) in [6, 6.07) is 9.59.